The van der Waals surface area contributed by atoms with Gasteiger partial charge in [0.1, 0.15) is 5.82 Å². The van der Waals surface area contributed by atoms with Crippen LogP contribution in [0.2, 0.25) is 0 Å². The molecule has 1 atom stereocenters. The first kappa shape index (κ1) is 17.2. The van der Waals surface area contributed by atoms with Crippen molar-refractivity contribution < 1.29 is 9.13 Å². The average Bonchev–Trinajstić information content (AvgIpc) is 2.96. The third kappa shape index (κ3) is 4.68. The maximum Gasteiger partial charge on any atom is 0.193 e. The summed E-state index contributed by atoms with van der Waals surface area (Å²) in [6.45, 7) is 3.57. The number of halogens is 2. The molecule has 0 bridgehead atoms. The zero-order chi connectivity index (χ0) is 15.9. The minimum atomic E-state index is -0.228. The van der Waals surface area contributed by atoms with Gasteiger partial charge in [0.15, 0.2) is 5.96 Å². The molecule has 1 saturated heterocycles. The Morgan fingerprint density at radius 1 is 1.55 bits per heavy atom. The second kappa shape index (κ2) is 8.48. The summed E-state index contributed by atoms with van der Waals surface area (Å²) >= 11 is 3.22. The number of hydrogen-bond donors (Lipinski definition) is 1. The average molecular weight is 372 g/mol. The highest BCUT2D eigenvalue weighted by Crippen LogP contribution is 2.18. The molecule has 0 saturated carbocycles. The Morgan fingerprint density at radius 2 is 2.36 bits per heavy atom. The summed E-state index contributed by atoms with van der Waals surface area (Å²) in [5, 5.41) is 3.38. The molecule has 0 radical (unpaired) electrons. The maximum atomic E-state index is 13.2. The van der Waals surface area contributed by atoms with E-state index >= 15 is 0 Å². The van der Waals surface area contributed by atoms with Crippen molar-refractivity contribution in [1.29, 1.82) is 0 Å². The molecule has 0 amide bonds. The molecule has 1 heterocycles. The molecule has 4 nitrogen and oxygen atoms in total. The fourth-order valence-corrected chi connectivity index (χ4v) is 3.17. The highest BCUT2D eigenvalue weighted by Gasteiger charge is 2.24. The van der Waals surface area contributed by atoms with Gasteiger partial charge in [-0.15, -0.1) is 0 Å². The lowest BCUT2D eigenvalue weighted by molar-refractivity contribution is 0.157. The van der Waals surface area contributed by atoms with Crippen molar-refractivity contribution in [2.45, 2.75) is 12.8 Å². The molecule has 122 valence electrons. The molecule has 1 aromatic carbocycles. The van der Waals surface area contributed by atoms with Gasteiger partial charge >= 0.3 is 0 Å². The first-order valence-corrected chi connectivity index (χ1v) is 8.31. The number of hydrogen-bond acceptors (Lipinski definition) is 2. The molecule has 1 N–H and O–H groups in total. The van der Waals surface area contributed by atoms with Gasteiger partial charge in [0.25, 0.3) is 0 Å². The van der Waals surface area contributed by atoms with Crippen LogP contribution in [-0.4, -0.2) is 51.3 Å². The molecular formula is C16H23BrFN3O. The van der Waals surface area contributed by atoms with Gasteiger partial charge < -0.3 is 15.0 Å². The SMILES string of the molecule is CN=C(NCCc1ccc(F)c(Br)c1)N1CCC(COC)C1. The van der Waals surface area contributed by atoms with Crippen molar-refractivity contribution in [3.05, 3.63) is 34.1 Å². The van der Waals surface area contributed by atoms with Crippen molar-refractivity contribution in [2.75, 3.05) is 40.4 Å². The highest BCUT2D eigenvalue weighted by atomic mass is 79.9. The van der Waals surface area contributed by atoms with Crippen LogP contribution < -0.4 is 5.32 Å². The van der Waals surface area contributed by atoms with E-state index in [-0.39, 0.29) is 5.82 Å². The minimum absolute atomic E-state index is 0.228. The molecule has 6 heteroatoms. The maximum absolute atomic E-state index is 13.2. The van der Waals surface area contributed by atoms with Gasteiger partial charge in [-0.3, -0.25) is 4.99 Å². The number of rotatable bonds is 5. The summed E-state index contributed by atoms with van der Waals surface area (Å²) < 4.78 is 18.9. The molecule has 22 heavy (non-hydrogen) atoms. The summed E-state index contributed by atoms with van der Waals surface area (Å²) in [6.07, 6.45) is 1.96. The third-order valence-corrected chi connectivity index (χ3v) is 4.49. The zero-order valence-electron chi connectivity index (χ0n) is 13.1. The Bertz CT molecular complexity index is 524. The van der Waals surface area contributed by atoms with E-state index in [0.29, 0.717) is 10.4 Å². The van der Waals surface area contributed by atoms with E-state index in [0.717, 1.165) is 50.6 Å². The zero-order valence-corrected chi connectivity index (χ0v) is 14.7. The molecule has 0 spiro atoms. The lowest BCUT2D eigenvalue weighted by atomic mass is 10.1. The van der Waals surface area contributed by atoms with Gasteiger partial charge in [0, 0.05) is 39.7 Å². The third-order valence-electron chi connectivity index (χ3n) is 3.88. The second-order valence-electron chi connectivity index (χ2n) is 5.53. The van der Waals surface area contributed by atoms with Crippen LogP contribution >= 0.6 is 15.9 Å². The largest absolute Gasteiger partial charge is 0.384 e. The predicted octanol–water partition coefficient (Wildman–Crippen LogP) is 2.67. The molecule has 2 rings (SSSR count). The predicted molar refractivity (Wildman–Crippen MR) is 90.7 cm³/mol. The monoisotopic (exact) mass is 371 g/mol. The molecular weight excluding hydrogens is 349 g/mol. The minimum Gasteiger partial charge on any atom is -0.384 e. The van der Waals surface area contributed by atoms with Gasteiger partial charge in [-0.2, -0.15) is 0 Å². The van der Waals surface area contributed by atoms with Crippen molar-refractivity contribution in [1.82, 2.24) is 10.2 Å². The Kier molecular flexibility index (Phi) is 6.64. The Hall–Kier alpha value is -1.14. The first-order chi connectivity index (χ1) is 10.6. The van der Waals surface area contributed by atoms with E-state index in [1.807, 2.05) is 12.1 Å². The molecule has 1 aliphatic heterocycles. The van der Waals surface area contributed by atoms with E-state index < -0.39 is 0 Å². The normalized spacial score (nSPS) is 18.8. The van der Waals surface area contributed by atoms with Crippen LogP contribution in [0, 0.1) is 11.7 Å². The lowest BCUT2D eigenvalue weighted by Crippen LogP contribution is -2.41. The number of ether oxygens (including phenoxy) is 1. The summed E-state index contributed by atoms with van der Waals surface area (Å²) in [4.78, 5) is 6.62. The van der Waals surface area contributed by atoms with Crippen molar-refractivity contribution in [3.8, 4) is 0 Å². The lowest BCUT2D eigenvalue weighted by Gasteiger charge is -2.21. The fourth-order valence-electron chi connectivity index (χ4n) is 2.74. The number of nitrogens with zero attached hydrogens (tertiary/aromatic N) is 2. The molecule has 0 aromatic heterocycles. The molecule has 1 fully saturated rings. The van der Waals surface area contributed by atoms with Crippen LogP contribution in [0.1, 0.15) is 12.0 Å². The van der Waals surface area contributed by atoms with Crippen LogP contribution in [0.3, 0.4) is 0 Å². The second-order valence-corrected chi connectivity index (χ2v) is 6.38. The Morgan fingerprint density at radius 3 is 3.05 bits per heavy atom. The van der Waals surface area contributed by atoms with Gasteiger partial charge in [-0.05, 0) is 46.5 Å². The van der Waals surface area contributed by atoms with E-state index in [9.17, 15) is 4.39 Å². The molecule has 0 aliphatic carbocycles. The Labute approximate surface area is 139 Å². The van der Waals surface area contributed by atoms with E-state index in [2.05, 4.69) is 31.1 Å². The molecule has 1 aromatic rings. The first-order valence-electron chi connectivity index (χ1n) is 7.52. The van der Waals surface area contributed by atoms with Gasteiger partial charge in [-0.25, -0.2) is 4.39 Å². The highest BCUT2D eigenvalue weighted by molar-refractivity contribution is 9.10. The summed E-state index contributed by atoms with van der Waals surface area (Å²) in [6, 6.07) is 5.13. The molecule has 1 unspecified atom stereocenters. The Balaban J connectivity index is 1.80. The van der Waals surface area contributed by atoms with Crippen LogP contribution in [0.4, 0.5) is 4.39 Å². The van der Waals surface area contributed by atoms with Crippen molar-refractivity contribution >= 4 is 21.9 Å². The van der Waals surface area contributed by atoms with E-state index in [4.69, 9.17) is 4.74 Å². The number of nitrogens with one attached hydrogen (secondary N) is 1. The van der Waals surface area contributed by atoms with Crippen LogP contribution in [0.5, 0.6) is 0 Å². The van der Waals surface area contributed by atoms with Crippen LogP contribution in [-0.2, 0) is 11.2 Å². The van der Waals surface area contributed by atoms with E-state index in [1.165, 1.54) is 6.07 Å². The van der Waals surface area contributed by atoms with Gasteiger partial charge in [0.05, 0.1) is 11.1 Å². The smallest absolute Gasteiger partial charge is 0.193 e. The fraction of sp³-hybridized carbons (Fsp3) is 0.562. The number of likely N-dealkylation sites (tertiary alicyclic amines) is 1. The summed E-state index contributed by atoms with van der Waals surface area (Å²) in [7, 11) is 3.55. The number of guanidine groups is 1. The number of aliphatic imine (C=N–C) groups is 1. The van der Waals surface area contributed by atoms with E-state index in [1.54, 1.807) is 14.2 Å². The van der Waals surface area contributed by atoms with Crippen LogP contribution in [0.25, 0.3) is 0 Å². The summed E-state index contributed by atoms with van der Waals surface area (Å²) in [5.74, 6) is 1.28. The number of benzene rings is 1. The number of methoxy groups -OCH3 is 1. The summed E-state index contributed by atoms with van der Waals surface area (Å²) in [5.41, 5.74) is 1.09. The quantitative estimate of drug-likeness (QED) is 0.638. The molecule has 1 aliphatic rings. The van der Waals surface area contributed by atoms with Gasteiger partial charge in [-0.1, -0.05) is 6.07 Å². The standard InChI is InChI=1S/C16H23BrFN3O/c1-19-16(21-8-6-13(10-21)11-22-2)20-7-5-12-3-4-15(18)14(17)9-12/h3-4,9,13H,5-8,10-11H2,1-2H3,(H,19,20). The van der Waals surface area contributed by atoms with Crippen molar-refractivity contribution in [3.63, 3.8) is 0 Å². The van der Waals surface area contributed by atoms with Crippen LogP contribution in [0.15, 0.2) is 27.7 Å². The van der Waals surface area contributed by atoms with Crippen molar-refractivity contribution in [2.24, 2.45) is 10.9 Å². The van der Waals surface area contributed by atoms with Gasteiger partial charge in [0.2, 0.25) is 0 Å². The topological polar surface area (TPSA) is 36.9 Å².